The maximum atomic E-state index is 12.2. The van der Waals surface area contributed by atoms with Gasteiger partial charge in [0.05, 0.1) is 14.2 Å². The van der Waals surface area contributed by atoms with Crippen LogP contribution >= 0.6 is 15.9 Å². The highest BCUT2D eigenvalue weighted by Crippen LogP contribution is 2.34. The summed E-state index contributed by atoms with van der Waals surface area (Å²) in [7, 11) is 3.21. The van der Waals surface area contributed by atoms with Crippen molar-refractivity contribution in [1.82, 2.24) is 0 Å². The number of benzene rings is 3. The number of halogens is 1. The number of hydrogen-bond donors (Lipinski definition) is 2. The Hall–Kier alpha value is -3.19. The molecule has 0 aliphatic carbocycles. The van der Waals surface area contributed by atoms with Crippen LogP contribution in [0.4, 0.5) is 11.4 Å². The van der Waals surface area contributed by atoms with Gasteiger partial charge in [-0.05, 0) is 61.0 Å². The molecular weight excluding hydrogens is 460 g/mol. The predicted molar refractivity (Wildman–Crippen MR) is 126 cm³/mol. The Morgan fingerprint density at radius 1 is 0.903 bits per heavy atom. The van der Waals surface area contributed by atoms with Crippen molar-refractivity contribution in [2.24, 2.45) is 0 Å². The molecule has 7 heteroatoms. The number of nitrogens with one attached hydrogen (secondary N) is 2. The van der Waals surface area contributed by atoms with Gasteiger partial charge in [0.25, 0.3) is 5.91 Å². The number of anilines is 2. The molecule has 3 rings (SSSR count). The zero-order valence-electron chi connectivity index (χ0n) is 17.7. The summed E-state index contributed by atoms with van der Waals surface area (Å²) in [6.07, 6.45) is 0. The van der Waals surface area contributed by atoms with Crippen LogP contribution in [0, 0.1) is 6.92 Å². The van der Waals surface area contributed by atoms with Crippen LogP contribution in [-0.2, 0) is 11.3 Å². The molecular formula is C24H25BrN2O4. The third-order valence-corrected chi connectivity index (χ3v) is 5.34. The Labute approximate surface area is 190 Å². The summed E-state index contributed by atoms with van der Waals surface area (Å²) in [5.74, 6) is 1.60. The van der Waals surface area contributed by atoms with Crippen molar-refractivity contribution in [1.29, 1.82) is 0 Å². The normalized spacial score (nSPS) is 10.3. The fraction of sp³-hybridized carbons (Fsp3) is 0.208. The van der Waals surface area contributed by atoms with E-state index in [1.807, 2.05) is 67.6 Å². The van der Waals surface area contributed by atoms with E-state index in [-0.39, 0.29) is 12.5 Å². The third kappa shape index (κ3) is 6.39. The zero-order chi connectivity index (χ0) is 22.2. The van der Waals surface area contributed by atoms with E-state index in [0.29, 0.717) is 18.0 Å². The number of hydrogen-bond acceptors (Lipinski definition) is 5. The van der Waals surface area contributed by atoms with Crippen molar-refractivity contribution in [3.63, 3.8) is 0 Å². The Morgan fingerprint density at radius 2 is 1.58 bits per heavy atom. The van der Waals surface area contributed by atoms with Crippen LogP contribution in [0.1, 0.15) is 11.1 Å². The lowest BCUT2D eigenvalue weighted by molar-refractivity contribution is -0.118. The quantitative estimate of drug-likeness (QED) is 0.425. The first kappa shape index (κ1) is 22.5. The minimum Gasteiger partial charge on any atom is -0.497 e. The molecule has 0 aliphatic heterocycles. The molecule has 0 unspecified atom stereocenters. The van der Waals surface area contributed by atoms with Crippen LogP contribution in [0.15, 0.2) is 65.1 Å². The first-order valence-corrected chi connectivity index (χ1v) is 10.5. The van der Waals surface area contributed by atoms with Crippen molar-refractivity contribution in [2.45, 2.75) is 13.5 Å². The molecule has 2 N–H and O–H groups in total. The number of rotatable bonds is 9. The molecule has 0 atom stereocenters. The highest BCUT2D eigenvalue weighted by Gasteiger charge is 2.12. The first-order chi connectivity index (χ1) is 15.0. The van der Waals surface area contributed by atoms with E-state index < -0.39 is 0 Å². The maximum absolute atomic E-state index is 12.2. The lowest BCUT2D eigenvalue weighted by Crippen LogP contribution is -2.20. The topological polar surface area (TPSA) is 68.8 Å². The SMILES string of the molecule is COc1ccc(NCc2cc(OC)c(OCC(=O)Nc3ccc(C)cc3)cc2Br)cc1. The highest BCUT2D eigenvalue weighted by molar-refractivity contribution is 9.10. The zero-order valence-corrected chi connectivity index (χ0v) is 19.3. The Balaban J connectivity index is 1.61. The molecule has 31 heavy (non-hydrogen) atoms. The Bertz CT molecular complexity index is 1020. The monoisotopic (exact) mass is 484 g/mol. The van der Waals surface area contributed by atoms with Crippen LogP contribution in [0.25, 0.3) is 0 Å². The second-order valence-corrected chi connectivity index (χ2v) is 7.73. The fourth-order valence-corrected chi connectivity index (χ4v) is 3.33. The smallest absolute Gasteiger partial charge is 0.262 e. The van der Waals surface area contributed by atoms with E-state index in [2.05, 4.69) is 26.6 Å². The van der Waals surface area contributed by atoms with E-state index in [9.17, 15) is 4.79 Å². The van der Waals surface area contributed by atoms with Gasteiger partial charge in [-0.3, -0.25) is 4.79 Å². The van der Waals surface area contributed by atoms with Gasteiger partial charge in [-0.25, -0.2) is 0 Å². The van der Waals surface area contributed by atoms with Gasteiger partial charge < -0.3 is 24.8 Å². The summed E-state index contributed by atoms with van der Waals surface area (Å²) < 4.78 is 17.2. The fourth-order valence-electron chi connectivity index (χ4n) is 2.87. The van der Waals surface area contributed by atoms with E-state index in [1.54, 1.807) is 14.2 Å². The second-order valence-electron chi connectivity index (χ2n) is 6.88. The van der Waals surface area contributed by atoms with Gasteiger partial charge in [0.1, 0.15) is 5.75 Å². The molecule has 3 aromatic carbocycles. The molecule has 0 aromatic heterocycles. The number of methoxy groups -OCH3 is 2. The molecule has 0 saturated carbocycles. The average Bonchev–Trinajstić information content (AvgIpc) is 2.79. The van der Waals surface area contributed by atoms with Gasteiger partial charge in [-0.2, -0.15) is 0 Å². The average molecular weight is 485 g/mol. The molecule has 1 amide bonds. The summed E-state index contributed by atoms with van der Waals surface area (Å²) in [5.41, 5.74) is 3.82. The van der Waals surface area contributed by atoms with E-state index in [0.717, 1.165) is 32.7 Å². The molecule has 0 radical (unpaired) electrons. The van der Waals surface area contributed by atoms with Crippen LogP contribution in [0.2, 0.25) is 0 Å². The van der Waals surface area contributed by atoms with Gasteiger partial charge >= 0.3 is 0 Å². The Morgan fingerprint density at radius 3 is 2.23 bits per heavy atom. The van der Waals surface area contributed by atoms with Gasteiger partial charge in [-0.15, -0.1) is 0 Å². The number of aryl methyl sites for hydroxylation is 1. The third-order valence-electron chi connectivity index (χ3n) is 4.60. The molecule has 162 valence electrons. The summed E-state index contributed by atoms with van der Waals surface area (Å²) in [6.45, 7) is 2.45. The largest absolute Gasteiger partial charge is 0.497 e. The van der Waals surface area contributed by atoms with Gasteiger partial charge in [0, 0.05) is 22.4 Å². The lowest BCUT2D eigenvalue weighted by Gasteiger charge is -2.15. The number of amides is 1. The maximum Gasteiger partial charge on any atom is 0.262 e. The van der Waals surface area contributed by atoms with E-state index >= 15 is 0 Å². The molecule has 3 aromatic rings. The van der Waals surface area contributed by atoms with Gasteiger partial charge in [-0.1, -0.05) is 33.6 Å². The van der Waals surface area contributed by atoms with Gasteiger partial charge in [0.2, 0.25) is 0 Å². The van der Waals surface area contributed by atoms with Crippen LogP contribution < -0.4 is 24.8 Å². The molecule has 6 nitrogen and oxygen atoms in total. The Kier molecular flexibility index (Phi) is 7.78. The van der Waals surface area contributed by atoms with Crippen molar-refractivity contribution >= 4 is 33.2 Å². The number of ether oxygens (including phenoxy) is 3. The molecule has 0 bridgehead atoms. The minimum absolute atomic E-state index is 0.125. The second kappa shape index (κ2) is 10.7. The van der Waals surface area contributed by atoms with Crippen molar-refractivity contribution in [3.8, 4) is 17.2 Å². The van der Waals surface area contributed by atoms with E-state index in [4.69, 9.17) is 14.2 Å². The summed E-state index contributed by atoms with van der Waals surface area (Å²) in [6, 6.07) is 19.0. The number of carbonyl (C=O) groups excluding carboxylic acids is 1. The first-order valence-electron chi connectivity index (χ1n) is 9.72. The van der Waals surface area contributed by atoms with Crippen molar-refractivity contribution in [3.05, 3.63) is 76.3 Å². The van der Waals surface area contributed by atoms with Crippen LogP contribution in [0.5, 0.6) is 17.2 Å². The van der Waals surface area contributed by atoms with Crippen molar-refractivity contribution in [2.75, 3.05) is 31.5 Å². The van der Waals surface area contributed by atoms with E-state index in [1.165, 1.54) is 0 Å². The summed E-state index contributed by atoms with van der Waals surface area (Å²) >= 11 is 3.58. The summed E-state index contributed by atoms with van der Waals surface area (Å²) in [4.78, 5) is 12.2. The minimum atomic E-state index is -0.243. The summed E-state index contributed by atoms with van der Waals surface area (Å²) in [5, 5.41) is 6.17. The van der Waals surface area contributed by atoms with Crippen LogP contribution in [-0.4, -0.2) is 26.7 Å². The van der Waals surface area contributed by atoms with Crippen molar-refractivity contribution < 1.29 is 19.0 Å². The molecule has 0 fully saturated rings. The van der Waals surface area contributed by atoms with Crippen LogP contribution in [0.3, 0.4) is 0 Å². The predicted octanol–water partition coefficient (Wildman–Crippen LogP) is 5.40. The molecule has 0 spiro atoms. The standard InChI is InChI=1S/C24H25BrN2O4/c1-16-4-6-19(7-5-16)27-24(28)15-31-23-13-21(25)17(12-22(23)30-3)14-26-18-8-10-20(29-2)11-9-18/h4-13,26H,14-15H2,1-3H3,(H,27,28). The number of carbonyl (C=O) groups is 1. The molecule has 0 aliphatic rings. The highest BCUT2D eigenvalue weighted by atomic mass is 79.9. The molecule has 0 saturated heterocycles. The van der Waals surface area contributed by atoms with Gasteiger partial charge in [0.15, 0.2) is 18.1 Å². The lowest BCUT2D eigenvalue weighted by atomic mass is 10.2. The molecule has 0 heterocycles.